The predicted octanol–water partition coefficient (Wildman–Crippen LogP) is 2.82. The van der Waals surface area contributed by atoms with Crippen molar-refractivity contribution in [1.29, 1.82) is 0 Å². The van der Waals surface area contributed by atoms with Crippen LogP contribution < -0.4 is 11.3 Å². The van der Waals surface area contributed by atoms with Gasteiger partial charge in [-0.1, -0.05) is 0 Å². The van der Waals surface area contributed by atoms with E-state index in [0.717, 1.165) is 23.2 Å². The highest BCUT2D eigenvalue weighted by molar-refractivity contribution is 7.17. The minimum Gasteiger partial charge on any atom is -0.271 e. The molecule has 0 saturated heterocycles. The number of thiophene rings is 1. The monoisotopic (exact) mass is 301 g/mol. The van der Waals surface area contributed by atoms with Crippen LogP contribution in [-0.2, 0) is 6.42 Å². The molecule has 3 heterocycles. The summed E-state index contributed by atoms with van der Waals surface area (Å²) < 4.78 is 3.14. The molecule has 3 rings (SSSR count). The highest BCUT2D eigenvalue weighted by Crippen LogP contribution is 2.24. The fraction of sp³-hybridized carbons (Fsp3) is 0.333. The number of pyridine rings is 1. The molecular formula is C15H19N5S. The van der Waals surface area contributed by atoms with Gasteiger partial charge in [0.2, 0.25) is 0 Å². The molecule has 0 aliphatic rings. The van der Waals surface area contributed by atoms with Gasteiger partial charge in [-0.3, -0.25) is 20.9 Å². The molecule has 110 valence electrons. The molecule has 1 unspecified atom stereocenters. The first kappa shape index (κ1) is 14.2. The zero-order valence-electron chi connectivity index (χ0n) is 12.2. The van der Waals surface area contributed by atoms with Crippen LogP contribution in [-0.4, -0.2) is 14.8 Å². The molecule has 0 radical (unpaired) electrons. The molecule has 21 heavy (non-hydrogen) atoms. The van der Waals surface area contributed by atoms with Gasteiger partial charge in [0.1, 0.15) is 0 Å². The highest BCUT2D eigenvalue weighted by Gasteiger charge is 2.14. The van der Waals surface area contributed by atoms with Gasteiger partial charge in [0, 0.05) is 24.9 Å². The van der Waals surface area contributed by atoms with Crippen LogP contribution in [0.1, 0.15) is 37.2 Å². The molecule has 3 N–H and O–H groups in total. The SMILES string of the molecule is CC(C)n1ccc(CC(NN)c2cnc3ccsc3c2)n1. The molecular weight excluding hydrogens is 282 g/mol. The molecule has 5 nitrogen and oxygen atoms in total. The average molecular weight is 301 g/mol. The lowest BCUT2D eigenvalue weighted by molar-refractivity contribution is 0.506. The standard InChI is InChI=1S/C15H19N5S/c1-10(2)20-5-3-12(19-20)8-14(18-16)11-7-15-13(17-9-11)4-6-21-15/h3-7,9-10,14,18H,8,16H2,1-2H3. The smallest absolute Gasteiger partial charge is 0.0809 e. The zero-order valence-corrected chi connectivity index (χ0v) is 13.0. The molecule has 0 spiro atoms. The first-order chi connectivity index (χ1) is 10.2. The van der Waals surface area contributed by atoms with E-state index < -0.39 is 0 Å². The summed E-state index contributed by atoms with van der Waals surface area (Å²) in [5, 5.41) is 6.63. The summed E-state index contributed by atoms with van der Waals surface area (Å²) in [5.74, 6) is 5.73. The molecule has 0 saturated carbocycles. The maximum atomic E-state index is 5.73. The third kappa shape index (κ3) is 2.97. The number of hydrazine groups is 1. The molecule has 0 amide bonds. The maximum absolute atomic E-state index is 5.73. The number of nitrogens with one attached hydrogen (secondary N) is 1. The summed E-state index contributed by atoms with van der Waals surface area (Å²) in [7, 11) is 0. The van der Waals surface area contributed by atoms with Gasteiger partial charge in [0.15, 0.2) is 0 Å². The van der Waals surface area contributed by atoms with E-state index in [9.17, 15) is 0 Å². The van der Waals surface area contributed by atoms with Crippen LogP contribution in [0.3, 0.4) is 0 Å². The summed E-state index contributed by atoms with van der Waals surface area (Å²) in [6.07, 6.45) is 4.64. The van der Waals surface area contributed by atoms with E-state index in [1.165, 1.54) is 4.70 Å². The molecule has 6 heteroatoms. The molecule has 3 aromatic rings. The van der Waals surface area contributed by atoms with Crippen molar-refractivity contribution in [2.45, 2.75) is 32.4 Å². The summed E-state index contributed by atoms with van der Waals surface area (Å²) in [4.78, 5) is 4.47. The summed E-state index contributed by atoms with van der Waals surface area (Å²) in [6, 6.07) is 6.60. The van der Waals surface area contributed by atoms with Crippen LogP contribution in [0.5, 0.6) is 0 Å². The lowest BCUT2D eigenvalue weighted by atomic mass is 10.0. The van der Waals surface area contributed by atoms with E-state index in [2.05, 4.69) is 40.8 Å². The minimum atomic E-state index is 0.0134. The molecule has 0 bridgehead atoms. The maximum Gasteiger partial charge on any atom is 0.0809 e. The second-order valence-electron chi connectivity index (χ2n) is 5.38. The van der Waals surface area contributed by atoms with Crippen molar-refractivity contribution >= 4 is 21.6 Å². The molecule has 0 aromatic carbocycles. The van der Waals surface area contributed by atoms with Crippen LogP contribution in [0.4, 0.5) is 0 Å². The Bertz CT molecular complexity index is 730. The predicted molar refractivity (Wildman–Crippen MR) is 86.0 cm³/mol. The summed E-state index contributed by atoms with van der Waals surface area (Å²) in [6.45, 7) is 4.23. The Labute approximate surface area is 127 Å². The van der Waals surface area contributed by atoms with Crippen molar-refractivity contribution in [2.75, 3.05) is 0 Å². The third-order valence-electron chi connectivity index (χ3n) is 3.53. The Balaban J connectivity index is 1.83. The minimum absolute atomic E-state index is 0.0134. The van der Waals surface area contributed by atoms with E-state index in [4.69, 9.17) is 5.84 Å². The summed E-state index contributed by atoms with van der Waals surface area (Å²) >= 11 is 1.69. The number of fused-ring (bicyclic) bond motifs is 1. The average Bonchev–Trinajstić information content (AvgIpc) is 3.12. The number of nitrogens with zero attached hydrogens (tertiary/aromatic N) is 3. The van der Waals surface area contributed by atoms with Crippen LogP contribution in [0.15, 0.2) is 36.0 Å². The lowest BCUT2D eigenvalue weighted by Gasteiger charge is -2.15. The van der Waals surface area contributed by atoms with E-state index >= 15 is 0 Å². The van der Waals surface area contributed by atoms with Gasteiger partial charge in [-0.05, 0) is 43.0 Å². The summed E-state index contributed by atoms with van der Waals surface area (Å²) in [5.41, 5.74) is 6.02. The van der Waals surface area contributed by atoms with Gasteiger partial charge in [0.05, 0.1) is 22.0 Å². The normalized spacial score (nSPS) is 13.1. The fourth-order valence-electron chi connectivity index (χ4n) is 2.31. The third-order valence-corrected chi connectivity index (χ3v) is 4.39. The second kappa shape index (κ2) is 5.93. The molecule has 0 fully saturated rings. The van der Waals surface area contributed by atoms with Crippen molar-refractivity contribution in [3.63, 3.8) is 0 Å². The second-order valence-corrected chi connectivity index (χ2v) is 6.32. The molecule has 1 atom stereocenters. The Morgan fingerprint density at radius 3 is 2.95 bits per heavy atom. The Hall–Kier alpha value is -1.76. The van der Waals surface area contributed by atoms with Gasteiger partial charge >= 0.3 is 0 Å². The first-order valence-electron chi connectivity index (χ1n) is 7.00. The van der Waals surface area contributed by atoms with Gasteiger partial charge in [0.25, 0.3) is 0 Å². The van der Waals surface area contributed by atoms with Crippen molar-refractivity contribution in [2.24, 2.45) is 5.84 Å². The molecule has 3 aromatic heterocycles. The van der Waals surface area contributed by atoms with E-state index in [1.807, 2.05) is 29.2 Å². The topological polar surface area (TPSA) is 68.8 Å². The number of rotatable bonds is 5. The fourth-order valence-corrected chi connectivity index (χ4v) is 3.10. The molecule has 0 aliphatic heterocycles. The first-order valence-corrected chi connectivity index (χ1v) is 7.88. The van der Waals surface area contributed by atoms with E-state index in [0.29, 0.717) is 6.04 Å². The number of hydrogen-bond donors (Lipinski definition) is 2. The number of aromatic nitrogens is 3. The lowest BCUT2D eigenvalue weighted by Crippen LogP contribution is -2.29. The Morgan fingerprint density at radius 1 is 1.38 bits per heavy atom. The van der Waals surface area contributed by atoms with Crippen LogP contribution in [0.25, 0.3) is 10.2 Å². The Morgan fingerprint density at radius 2 is 2.24 bits per heavy atom. The van der Waals surface area contributed by atoms with Crippen LogP contribution in [0, 0.1) is 0 Å². The largest absolute Gasteiger partial charge is 0.271 e. The van der Waals surface area contributed by atoms with Gasteiger partial charge < -0.3 is 0 Å². The quantitative estimate of drug-likeness (QED) is 0.561. The van der Waals surface area contributed by atoms with Gasteiger partial charge in [-0.2, -0.15) is 5.10 Å². The van der Waals surface area contributed by atoms with Crippen molar-refractivity contribution in [1.82, 2.24) is 20.2 Å². The molecule has 0 aliphatic carbocycles. The number of nitrogens with two attached hydrogens (primary N) is 1. The van der Waals surface area contributed by atoms with Crippen molar-refractivity contribution in [3.05, 3.63) is 47.2 Å². The number of hydrogen-bond acceptors (Lipinski definition) is 5. The van der Waals surface area contributed by atoms with E-state index in [-0.39, 0.29) is 6.04 Å². The van der Waals surface area contributed by atoms with Gasteiger partial charge in [-0.15, -0.1) is 11.3 Å². The zero-order chi connectivity index (χ0) is 14.8. The van der Waals surface area contributed by atoms with Crippen LogP contribution in [0.2, 0.25) is 0 Å². The van der Waals surface area contributed by atoms with E-state index in [1.54, 1.807) is 11.3 Å². The van der Waals surface area contributed by atoms with Crippen molar-refractivity contribution < 1.29 is 0 Å². The van der Waals surface area contributed by atoms with Crippen LogP contribution >= 0.6 is 11.3 Å². The Kier molecular flexibility index (Phi) is 4.01. The highest BCUT2D eigenvalue weighted by atomic mass is 32.1. The van der Waals surface area contributed by atoms with Crippen molar-refractivity contribution in [3.8, 4) is 0 Å². The van der Waals surface area contributed by atoms with Gasteiger partial charge in [-0.25, -0.2) is 0 Å².